The second-order valence-corrected chi connectivity index (χ2v) is 6.91. The Kier molecular flexibility index (Phi) is 7.94. The van der Waals surface area contributed by atoms with Crippen molar-refractivity contribution in [2.75, 3.05) is 0 Å². The minimum atomic E-state index is -9.17. The van der Waals surface area contributed by atoms with Gasteiger partial charge in [0.15, 0.2) is 10.1 Å². The Bertz CT molecular complexity index is 828. The predicted molar refractivity (Wildman–Crippen MR) is 61.3 cm³/mol. The van der Waals surface area contributed by atoms with Gasteiger partial charge < -0.3 is 10.7 Å². The molecule has 4 N–H and O–H groups in total. The van der Waals surface area contributed by atoms with Gasteiger partial charge in [0.2, 0.25) is 0 Å². The molecule has 0 rings (SSSR count). The lowest BCUT2D eigenvalue weighted by Gasteiger charge is -2.43. The number of halogens is 19. The standard InChI is InChI=1S/C9HF19O3S.H3N/c10-1(11,2(12,13)4(16,17)6(20,21)8(24,25)26)3(14,15)5(18,19)7(22,23)9(27,28)32(29,30)31;/h(H,29,30,31);1H3. The van der Waals surface area contributed by atoms with Crippen LogP contribution in [0.3, 0.4) is 0 Å². The summed E-state index contributed by atoms with van der Waals surface area (Å²) in [5.74, 6) is -62.3. The van der Waals surface area contributed by atoms with Crippen LogP contribution >= 0.6 is 0 Å². The summed E-state index contributed by atoms with van der Waals surface area (Å²) in [6.07, 6.45) is -8.00. The molecule has 0 aromatic heterocycles. The smallest absolute Gasteiger partial charge is 0.460 e. The Labute approximate surface area is 167 Å². The third-order valence-electron chi connectivity index (χ3n) is 3.40. The third-order valence-corrected chi connectivity index (χ3v) is 4.29. The van der Waals surface area contributed by atoms with E-state index in [-0.39, 0.29) is 6.15 Å². The molecule has 0 saturated carbocycles. The van der Waals surface area contributed by atoms with E-state index < -0.39 is 63.0 Å². The fourth-order valence-corrected chi connectivity index (χ4v) is 1.95. The highest BCUT2D eigenvalue weighted by Gasteiger charge is 2.97. The van der Waals surface area contributed by atoms with Crippen molar-refractivity contribution in [2.24, 2.45) is 0 Å². The van der Waals surface area contributed by atoms with Gasteiger partial charge in [0, 0.05) is 0 Å². The van der Waals surface area contributed by atoms with Crippen LogP contribution in [0.1, 0.15) is 0 Å². The minimum absolute atomic E-state index is 0. The van der Waals surface area contributed by atoms with E-state index in [0.717, 1.165) is 0 Å². The average molecular weight is 567 g/mol. The highest BCUT2D eigenvalue weighted by Crippen LogP contribution is 2.65. The summed E-state index contributed by atoms with van der Waals surface area (Å²) >= 11 is 0. The zero-order valence-corrected chi connectivity index (χ0v) is 15.1. The monoisotopic (exact) mass is 567 g/mol. The summed E-state index contributed by atoms with van der Waals surface area (Å²) < 4.78 is 272. The molecular formula is C9H4F19NO3S. The maximum atomic E-state index is 13.2. The molecule has 0 aromatic rings. The van der Waals surface area contributed by atoms with E-state index in [1.54, 1.807) is 0 Å². The highest BCUT2D eigenvalue weighted by atomic mass is 32.2. The van der Waals surface area contributed by atoms with Gasteiger partial charge in [-0.3, -0.25) is 0 Å². The Balaban J connectivity index is 0. The molecular weight excluding hydrogens is 563 g/mol. The quantitative estimate of drug-likeness (QED) is 0.310. The van der Waals surface area contributed by atoms with Crippen molar-refractivity contribution in [2.45, 2.75) is 52.9 Å². The molecule has 0 unspecified atom stereocenters. The average Bonchev–Trinajstić information content (AvgIpc) is 2.51. The summed E-state index contributed by atoms with van der Waals surface area (Å²) in [5.41, 5.74) is 0. The molecule has 0 aromatic carbocycles. The van der Waals surface area contributed by atoms with Gasteiger partial charge in [0.05, 0.1) is 0 Å². The predicted octanol–water partition coefficient (Wildman–Crippen LogP) is 5.51. The van der Waals surface area contributed by atoms with Crippen molar-refractivity contribution < 1.29 is 96.4 Å². The molecule has 0 saturated heterocycles. The van der Waals surface area contributed by atoms with Gasteiger partial charge in [-0.2, -0.15) is 83.4 Å². The summed E-state index contributed by atoms with van der Waals surface area (Å²) in [7, 11) is -8.25. The SMILES string of the molecule is O=S(=O)([O-])C(F)(F)C(F)(F)C(F)(F)C(F)(F)C(F)(F)C(F)(F)C(F)(F)C(F)(F)C(F)(F)F.[NH4+]. The van der Waals surface area contributed by atoms with Gasteiger partial charge in [-0.15, -0.1) is 0 Å². The van der Waals surface area contributed by atoms with Gasteiger partial charge in [-0.05, 0) is 0 Å². The first-order chi connectivity index (χ1) is 13.2. The molecule has 0 spiro atoms. The number of quaternary nitrogens is 1. The van der Waals surface area contributed by atoms with Gasteiger partial charge >= 0.3 is 52.9 Å². The second kappa shape index (κ2) is 7.78. The fourth-order valence-electron chi connectivity index (χ4n) is 1.50. The molecule has 202 valence electrons. The Morgan fingerprint density at radius 2 is 0.576 bits per heavy atom. The van der Waals surface area contributed by atoms with Crippen LogP contribution in [0, 0.1) is 0 Å². The van der Waals surface area contributed by atoms with E-state index >= 15 is 0 Å². The van der Waals surface area contributed by atoms with Crippen LogP contribution < -0.4 is 6.15 Å². The number of hydrogen-bond donors (Lipinski definition) is 1. The molecule has 0 aliphatic rings. The Hall–Kier alpha value is -1.46. The Morgan fingerprint density at radius 3 is 0.758 bits per heavy atom. The van der Waals surface area contributed by atoms with Gasteiger partial charge in [-0.1, -0.05) is 0 Å². The first-order valence-electron chi connectivity index (χ1n) is 6.29. The van der Waals surface area contributed by atoms with E-state index in [1.165, 1.54) is 0 Å². The van der Waals surface area contributed by atoms with Crippen LogP contribution in [0.2, 0.25) is 0 Å². The van der Waals surface area contributed by atoms with Gasteiger partial charge in [0.1, 0.15) is 0 Å². The summed E-state index contributed by atoms with van der Waals surface area (Å²) in [6.45, 7) is 0. The Morgan fingerprint density at radius 1 is 0.394 bits per heavy atom. The molecule has 24 heteroatoms. The first-order valence-corrected chi connectivity index (χ1v) is 7.70. The zero-order valence-electron chi connectivity index (χ0n) is 14.3. The summed E-state index contributed by atoms with van der Waals surface area (Å²) in [4.78, 5) is 0. The maximum absolute atomic E-state index is 13.2. The molecule has 0 bridgehead atoms. The van der Waals surface area contributed by atoms with Crippen LogP contribution in [0.25, 0.3) is 0 Å². The molecule has 0 amide bonds. The van der Waals surface area contributed by atoms with Gasteiger partial charge in [0.25, 0.3) is 0 Å². The van der Waals surface area contributed by atoms with Crippen LogP contribution in [0.4, 0.5) is 83.4 Å². The fraction of sp³-hybridized carbons (Fsp3) is 1.00. The minimum Gasteiger partial charge on any atom is -0.743 e. The van der Waals surface area contributed by atoms with Crippen molar-refractivity contribution >= 4 is 10.1 Å². The third kappa shape index (κ3) is 3.93. The summed E-state index contributed by atoms with van der Waals surface area (Å²) in [5, 5.41) is -8.07. The molecule has 0 aliphatic carbocycles. The van der Waals surface area contributed by atoms with Crippen molar-refractivity contribution in [3.05, 3.63) is 0 Å². The number of hydrogen-bond acceptors (Lipinski definition) is 3. The van der Waals surface area contributed by atoms with Crippen LogP contribution in [-0.2, 0) is 10.1 Å². The van der Waals surface area contributed by atoms with Crippen LogP contribution in [0.5, 0.6) is 0 Å². The maximum Gasteiger partial charge on any atom is 0.460 e. The summed E-state index contributed by atoms with van der Waals surface area (Å²) in [6, 6.07) is 0. The van der Waals surface area contributed by atoms with E-state index in [0.29, 0.717) is 0 Å². The van der Waals surface area contributed by atoms with Crippen LogP contribution in [0.15, 0.2) is 0 Å². The molecule has 0 aliphatic heterocycles. The van der Waals surface area contributed by atoms with E-state index in [1.807, 2.05) is 0 Å². The second-order valence-electron chi connectivity index (χ2n) is 5.49. The zero-order chi connectivity index (χ0) is 27.0. The molecule has 0 fully saturated rings. The van der Waals surface area contributed by atoms with E-state index in [2.05, 4.69) is 0 Å². The van der Waals surface area contributed by atoms with Crippen molar-refractivity contribution in [1.29, 1.82) is 0 Å². The molecule has 0 atom stereocenters. The lowest BCUT2D eigenvalue weighted by molar-refractivity contribution is -0.466. The van der Waals surface area contributed by atoms with Crippen molar-refractivity contribution in [3.8, 4) is 0 Å². The van der Waals surface area contributed by atoms with Gasteiger partial charge in [-0.25, -0.2) is 8.42 Å². The topological polar surface area (TPSA) is 93.7 Å². The van der Waals surface area contributed by atoms with E-state index in [9.17, 15) is 96.4 Å². The van der Waals surface area contributed by atoms with Crippen molar-refractivity contribution in [1.82, 2.24) is 6.15 Å². The lowest BCUT2D eigenvalue weighted by Crippen LogP contribution is -2.76. The van der Waals surface area contributed by atoms with E-state index in [4.69, 9.17) is 0 Å². The number of alkyl halides is 19. The highest BCUT2D eigenvalue weighted by molar-refractivity contribution is 7.86. The molecule has 0 heterocycles. The largest absolute Gasteiger partial charge is 0.743 e. The lowest BCUT2D eigenvalue weighted by atomic mass is 9.89. The molecule has 33 heavy (non-hydrogen) atoms. The number of rotatable bonds is 8. The van der Waals surface area contributed by atoms with Crippen molar-refractivity contribution in [3.63, 3.8) is 0 Å². The normalized spacial score (nSPS) is 16.5. The first kappa shape index (κ1) is 33.7. The molecule has 0 radical (unpaired) electrons. The van der Waals surface area contributed by atoms with Crippen LogP contribution in [-0.4, -0.2) is 65.9 Å². The molecule has 4 nitrogen and oxygen atoms in total.